The van der Waals surface area contributed by atoms with E-state index in [1.165, 1.54) is 35.2 Å². The van der Waals surface area contributed by atoms with E-state index >= 15 is 0 Å². The van der Waals surface area contributed by atoms with Crippen LogP contribution < -0.4 is 9.62 Å². The normalized spacial score (nSPS) is 12.1. The Balaban J connectivity index is 1.85. The number of carbonyl (C=O) groups excluding carboxylic acids is 2. The molecule has 0 aliphatic rings. The number of rotatable bonds is 13. The summed E-state index contributed by atoms with van der Waals surface area (Å²) in [5.74, 6) is -0.944. The predicted octanol–water partition coefficient (Wildman–Crippen LogP) is 7.91. The Morgan fingerprint density at radius 3 is 1.98 bits per heavy atom. The summed E-state index contributed by atoms with van der Waals surface area (Å²) in [5, 5.41) is 3.84. The number of carbonyl (C=O) groups is 2. The second-order valence-corrected chi connectivity index (χ2v) is 14.5. The van der Waals surface area contributed by atoms with Crippen molar-refractivity contribution >= 4 is 73.9 Å². The Bertz CT molecular complexity index is 1750. The maximum Gasteiger partial charge on any atom is 0.264 e. The lowest BCUT2D eigenvalue weighted by molar-refractivity contribution is -0.140. The number of halogens is 4. The largest absolute Gasteiger partial charge is 0.354 e. The summed E-state index contributed by atoms with van der Waals surface area (Å²) in [7, 11) is -4.33. The number of benzene rings is 4. The molecule has 7 nitrogen and oxygen atoms in total. The van der Waals surface area contributed by atoms with E-state index in [-0.39, 0.29) is 39.5 Å². The van der Waals surface area contributed by atoms with Crippen molar-refractivity contribution in [3.8, 4) is 0 Å². The summed E-state index contributed by atoms with van der Waals surface area (Å²) < 4.78 is 29.1. The predicted molar refractivity (Wildman–Crippen MR) is 186 cm³/mol. The van der Waals surface area contributed by atoms with Crippen molar-refractivity contribution in [3.63, 3.8) is 0 Å². The number of nitrogens with one attached hydrogen (secondary N) is 1. The van der Waals surface area contributed by atoms with Gasteiger partial charge in [-0.2, -0.15) is 0 Å². The highest BCUT2D eigenvalue weighted by Crippen LogP contribution is 2.34. The first-order chi connectivity index (χ1) is 21.9. The van der Waals surface area contributed by atoms with Crippen LogP contribution in [-0.2, 0) is 32.6 Å². The van der Waals surface area contributed by atoms with Crippen molar-refractivity contribution in [3.05, 3.63) is 128 Å². The van der Waals surface area contributed by atoms with Gasteiger partial charge in [0.05, 0.1) is 15.6 Å². The molecule has 4 rings (SSSR count). The molecule has 46 heavy (non-hydrogen) atoms. The highest BCUT2D eigenvalue weighted by atomic mass is 35.5. The Hall–Kier alpha value is -3.27. The molecule has 0 fully saturated rings. The van der Waals surface area contributed by atoms with E-state index in [0.29, 0.717) is 22.2 Å². The van der Waals surface area contributed by atoms with Crippen molar-refractivity contribution in [1.82, 2.24) is 10.2 Å². The van der Waals surface area contributed by atoms with Crippen LogP contribution in [0.15, 0.2) is 102 Å². The Kier molecular flexibility index (Phi) is 12.4. The number of amides is 2. The molecule has 1 N–H and O–H groups in total. The average molecular weight is 722 g/mol. The molecule has 1 atom stereocenters. The lowest BCUT2D eigenvalue weighted by Crippen LogP contribution is -2.53. The third-order valence-electron chi connectivity index (χ3n) is 7.13. The standard InChI is InChI=1S/C34H33Cl4N3O4S/c1-23(2)20-39-34(43)32(18-24-10-5-3-6-11-24)40(21-27-28(36)14-9-15-29(27)37)33(42)22-41(31-17-16-25(35)19-30(31)38)46(44,45)26-12-7-4-8-13-26/h3-17,19,23,32H,18,20-22H2,1-2H3,(H,39,43)/t32-/m0/s1. The fourth-order valence-corrected chi connectivity index (χ4v) is 7.28. The van der Waals surface area contributed by atoms with E-state index < -0.39 is 34.4 Å². The molecule has 0 unspecified atom stereocenters. The molecule has 0 spiro atoms. The molecule has 12 heteroatoms. The fourth-order valence-electron chi connectivity index (χ4n) is 4.75. The SMILES string of the molecule is CC(C)CNC(=O)[C@H](Cc1ccccc1)N(Cc1c(Cl)cccc1Cl)C(=O)CN(c1ccc(Cl)cc1Cl)S(=O)(=O)c1ccccc1. The topological polar surface area (TPSA) is 86.8 Å². The third-order valence-corrected chi connectivity index (χ3v) is 10.2. The third kappa shape index (κ3) is 8.96. The van der Waals surface area contributed by atoms with E-state index in [2.05, 4.69) is 5.32 Å². The zero-order chi connectivity index (χ0) is 33.4. The van der Waals surface area contributed by atoms with Crippen LogP contribution in [0.25, 0.3) is 0 Å². The summed E-state index contributed by atoms with van der Waals surface area (Å²) in [5.41, 5.74) is 1.25. The van der Waals surface area contributed by atoms with Gasteiger partial charge in [0.25, 0.3) is 10.0 Å². The van der Waals surface area contributed by atoms with Crippen molar-refractivity contribution in [1.29, 1.82) is 0 Å². The monoisotopic (exact) mass is 719 g/mol. The molecule has 0 aromatic heterocycles. The quantitative estimate of drug-likeness (QED) is 0.152. The van der Waals surface area contributed by atoms with Gasteiger partial charge in [-0.25, -0.2) is 8.42 Å². The second kappa shape index (κ2) is 16.0. The van der Waals surface area contributed by atoms with Crippen molar-refractivity contribution < 1.29 is 18.0 Å². The van der Waals surface area contributed by atoms with Gasteiger partial charge in [-0.05, 0) is 53.9 Å². The van der Waals surface area contributed by atoms with E-state index in [4.69, 9.17) is 46.4 Å². The highest BCUT2D eigenvalue weighted by molar-refractivity contribution is 7.92. The maximum absolute atomic E-state index is 14.6. The lowest BCUT2D eigenvalue weighted by Gasteiger charge is -2.34. The van der Waals surface area contributed by atoms with Gasteiger partial charge in [-0.15, -0.1) is 0 Å². The van der Waals surface area contributed by atoms with E-state index in [1.54, 1.807) is 36.4 Å². The first kappa shape index (κ1) is 35.6. The smallest absolute Gasteiger partial charge is 0.264 e. The Morgan fingerprint density at radius 1 is 0.783 bits per heavy atom. The summed E-state index contributed by atoms with van der Waals surface area (Å²) >= 11 is 25.8. The van der Waals surface area contributed by atoms with Crippen LogP contribution in [0.2, 0.25) is 20.1 Å². The molecule has 0 aliphatic heterocycles. The molecule has 0 saturated carbocycles. The van der Waals surface area contributed by atoms with Gasteiger partial charge in [0.1, 0.15) is 12.6 Å². The van der Waals surface area contributed by atoms with Crippen LogP contribution in [0.4, 0.5) is 5.69 Å². The minimum absolute atomic E-state index is 0.0241. The van der Waals surface area contributed by atoms with Crippen LogP contribution in [-0.4, -0.2) is 44.3 Å². The molecule has 242 valence electrons. The van der Waals surface area contributed by atoms with Crippen molar-refractivity contribution in [2.75, 3.05) is 17.4 Å². The van der Waals surface area contributed by atoms with Crippen LogP contribution in [0.5, 0.6) is 0 Å². The van der Waals surface area contributed by atoms with Gasteiger partial charge >= 0.3 is 0 Å². The van der Waals surface area contributed by atoms with Crippen molar-refractivity contribution in [2.24, 2.45) is 5.92 Å². The molecular formula is C34H33Cl4N3O4S. The molecule has 0 saturated heterocycles. The molecule has 4 aromatic carbocycles. The summed E-state index contributed by atoms with van der Waals surface area (Å²) in [6.45, 7) is 3.43. The maximum atomic E-state index is 14.6. The van der Waals surface area contributed by atoms with Gasteiger partial charge < -0.3 is 10.2 Å². The zero-order valence-electron chi connectivity index (χ0n) is 25.2. The summed E-state index contributed by atoms with van der Waals surface area (Å²) in [6, 6.07) is 25.1. The minimum atomic E-state index is -4.33. The van der Waals surface area contributed by atoms with Crippen molar-refractivity contribution in [2.45, 2.75) is 37.8 Å². The van der Waals surface area contributed by atoms with Gasteiger partial charge in [0.2, 0.25) is 11.8 Å². The second-order valence-electron chi connectivity index (χ2n) is 11.0. The highest BCUT2D eigenvalue weighted by Gasteiger charge is 2.36. The van der Waals surface area contributed by atoms with E-state index in [0.717, 1.165) is 9.87 Å². The number of hydrogen-bond acceptors (Lipinski definition) is 4. The Labute approximate surface area is 290 Å². The number of nitrogens with zero attached hydrogens (tertiary/aromatic N) is 2. The van der Waals surface area contributed by atoms with Crippen LogP contribution >= 0.6 is 46.4 Å². The molecule has 0 heterocycles. The molecule has 4 aromatic rings. The summed E-state index contributed by atoms with van der Waals surface area (Å²) in [4.78, 5) is 29.7. The first-order valence-corrected chi connectivity index (χ1v) is 17.4. The van der Waals surface area contributed by atoms with Crippen LogP contribution in [0.3, 0.4) is 0 Å². The average Bonchev–Trinajstić information content (AvgIpc) is 3.02. The number of hydrogen-bond donors (Lipinski definition) is 1. The molecule has 0 radical (unpaired) electrons. The van der Waals surface area contributed by atoms with E-state index in [1.807, 2.05) is 44.2 Å². The fraction of sp³-hybridized carbons (Fsp3) is 0.235. The minimum Gasteiger partial charge on any atom is -0.354 e. The lowest BCUT2D eigenvalue weighted by atomic mass is 10.0. The number of sulfonamides is 1. The summed E-state index contributed by atoms with van der Waals surface area (Å²) in [6.07, 6.45) is 0.145. The molecule has 0 bridgehead atoms. The molecular weight excluding hydrogens is 688 g/mol. The zero-order valence-corrected chi connectivity index (χ0v) is 29.0. The van der Waals surface area contributed by atoms with Gasteiger partial charge in [-0.1, -0.05) is 115 Å². The van der Waals surface area contributed by atoms with Gasteiger partial charge in [-0.3, -0.25) is 13.9 Å². The van der Waals surface area contributed by atoms with Gasteiger partial charge in [0.15, 0.2) is 0 Å². The number of anilines is 1. The van der Waals surface area contributed by atoms with Crippen LogP contribution in [0, 0.1) is 5.92 Å². The first-order valence-electron chi connectivity index (χ1n) is 14.4. The molecule has 2 amide bonds. The van der Waals surface area contributed by atoms with Gasteiger partial charge in [0, 0.05) is 40.1 Å². The Morgan fingerprint density at radius 2 is 1.39 bits per heavy atom. The van der Waals surface area contributed by atoms with Crippen LogP contribution in [0.1, 0.15) is 25.0 Å². The van der Waals surface area contributed by atoms with E-state index in [9.17, 15) is 18.0 Å². The molecule has 0 aliphatic carbocycles.